The maximum absolute atomic E-state index is 14.7. The maximum Gasteiger partial charge on any atom is 0.265 e. The van der Waals surface area contributed by atoms with Crippen LogP contribution in [0.5, 0.6) is 11.6 Å². The summed E-state index contributed by atoms with van der Waals surface area (Å²) in [6, 6.07) is 28.1. The van der Waals surface area contributed by atoms with Gasteiger partial charge in [-0.15, -0.1) is 0 Å². The fraction of sp³-hybridized carbons (Fsp3) is 0.304. The predicted molar refractivity (Wildman–Crippen MR) is 234 cm³/mol. The second-order valence-electron chi connectivity index (χ2n) is 15.7. The summed E-state index contributed by atoms with van der Waals surface area (Å²) < 4.78 is 20.3. The topological polar surface area (TPSA) is 161 Å². The van der Waals surface area contributed by atoms with Crippen LogP contribution in [0.4, 0.5) is 27.4 Å². The fourth-order valence-corrected chi connectivity index (χ4v) is 8.11. The Balaban J connectivity index is 0.739. The third-order valence-corrected chi connectivity index (χ3v) is 11.9. The molecule has 0 aliphatic carbocycles. The van der Waals surface area contributed by atoms with Crippen molar-refractivity contribution in [3.05, 3.63) is 131 Å². The molecule has 0 saturated carbocycles. The Morgan fingerprint density at radius 1 is 0.823 bits per heavy atom. The van der Waals surface area contributed by atoms with Crippen molar-refractivity contribution in [2.24, 2.45) is 5.92 Å². The second-order valence-corrected chi connectivity index (χ2v) is 16.1. The number of amides is 4. The van der Waals surface area contributed by atoms with Gasteiger partial charge in [-0.05, 0) is 117 Å². The van der Waals surface area contributed by atoms with Gasteiger partial charge in [-0.25, -0.2) is 9.99 Å². The molecule has 3 fully saturated rings. The molecule has 4 aromatic carbocycles. The Hall–Kier alpha value is -6.42. The molecule has 4 amide bonds. The minimum atomic E-state index is -0.767. The molecule has 14 nitrogen and oxygen atoms in total. The minimum Gasteiger partial charge on any atom is -0.436 e. The SMILES string of the molecule is O=C1CCC(c2ccc(N3CCN(CCC4CCN(NC(=O)c5ccc(Nc6ncc(F)c(Oc7ccc(C(=O)Nc8ccccc8Cl)cc7)n6)cc5)CC4)CC3)cc2)C(=O)N1. The van der Waals surface area contributed by atoms with Gasteiger partial charge < -0.3 is 20.3 Å². The molecule has 1 aromatic heterocycles. The first-order chi connectivity index (χ1) is 30.1. The summed E-state index contributed by atoms with van der Waals surface area (Å²) in [5.74, 6) is -1.33. The van der Waals surface area contributed by atoms with E-state index in [0.717, 1.165) is 82.5 Å². The van der Waals surface area contributed by atoms with Gasteiger partial charge >= 0.3 is 0 Å². The van der Waals surface area contributed by atoms with Gasteiger partial charge in [-0.3, -0.25) is 34.8 Å². The van der Waals surface area contributed by atoms with Gasteiger partial charge in [-0.2, -0.15) is 9.37 Å². The molecule has 1 atom stereocenters. The zero-order chi connectivity index (χ0) is 43.0. The molecule has 0 radical (unpaired) electrons. The van der Waals surface area contributed by atoms with Crippen molar-refractivity contribution in [3.8, 4) is 11.6 Å². The number of hydrogen-bond donors (Lipinski definition) is 4. The zero-order valence-electron chi connectivity index (χ0n) is 34.0. The molecular weight excluding hydrogens is 813 g/mol. The molecule has 5 aromatic rings. The van der Waals surface area contributed by atoms with Crippen molar-refractivity contribution < 1.29 is 28.3 Å². The number of piperidine rings is 2. The third kappa shape index (κ3) is 10.7. The lowest BCUT2D eigenvalue weighted by atomic mass is 9.90. The molecule has 3 aliphatic heterocycles. The normalized spacial score (nSPS) is 17.6. The van der Waals surface area contributed by atoms with Crippen molar-refractivity contribution in [2.75, 3.05) is 61.3 Å². The van der Waals surface area contributed by atoms with Crippen molar-refractivity contribution in [2.45, 2.75) is 38.0 Å². The largest absolute Gasteiger partial charge is 0.436 e. The lowest BCUT2D eigenvalue weighted by molar-refractivity contribution is -0.134. The minimum absolute atomic E-state index is 0.0927. The van der Waals surface area contributed by atoms with Gasteiger partial charge in [0.25, 0.3) is 17.7 Å². The van der Waals surface area contributed by atoms with E-state index >= 15 is 0 Å². The summed E-state index contributed by atoms with van der Waals surface area (Å²) in [5, 5.41) is 10.6. The van der Waals surface area contributed by atoms with Gasteiger partial charge in [0.2, 0.25) is 23.6 Å². The fourth-order valence-electron chi connectivity index (χ4n) is 7.93. The number of anilines is 4. The molecule has 0 bridgehead atoms. The number of carbonyl (C=O) groups is 4. The highest BCUT2D eigenvalue weighted by molar-refractivity contribution is 6.33. The Kier molecular flexibility index (Phi) is 13.3. The molecule has 1 unspecified atom stereocenters. The van der Waals surface area contributed by atoms with E-state index < -0.39 is 5.82 Å². The number of nitrogens with one attached hydrogen (secondary N) is 4. The predicted octanol–water partition coefficient (Wildman–Crippen LogP) is 7.15. The number of ether oxygens (including phenoxy) is 1. The van der Waals surface area contributed by atoms with Gasteiger partial charge in [-0.1, -0.05) is 35.9 Å². The highest BCUT2D eigenvalue weighted by Gasteiger charge is 2.28. The van der Waals surface area contributed by atoms with Crippen molar-refractivity contribution >= 4 is 58.2 Å². The van der Waals surface area contributed by atoms with E-state index in [2.05, 4.69) is 53.3 Å². The molecule has 4 heterocycles. The summed E-state index contributed by atoms with van der Waals surface area (Å²) in [6.07, 6.45) is 5.08. The number of imide groups is 1. The van der Waals surface area contributed by atoms with Gasteiger partial charge in [0.05, 0.1) is 22.8 Å². The van der Waals surface area contributed by atoms with Crippen LogP contribution in [-0.4, -0.2) is 89.3 Å². The average molecular weight is 860 g/mol. The number of benzene rings is 4. The third-order valence-electron chi connectivity index (χ3n) is 11.6. The molecule has 4 N–H and O–H groups in total. The average Bonchev–Trinajstić information content (AvgIpc) is 3.29. The van der Waals surface area contributed by atoms with Gasteiger partial charge in [0, 0.05) is 68.2 Å². The van der Waals surface area contributed by atoms with Crippen LogP contribution in [0.3, 0.4) is 0 Å². The molecule has 3 saturated heterocycles. The molecule has 62 heavy (non-hydrogen) atoms. The quantitative estimate of drug-likeness (QED) is 0.0891. The lowest BCUT2D eigenvalue weighted by Gasteiger charge is -2.37. The molecule has 0 spiro atoms. The van der Waals surface area contributed by atoms with Gasteiger partial charge in [0.15, 0.2) is 0 Å². The number of carbonyl (C=O) groups excluding carboxylic acids is 4. The van der Waals surface area contributed by atoms with Crippen LogP contribution in [0.15, 0.2) is 103 Å². The van der Waals surface area contributed by atoms with E-state index in [0.29, 0.717) is 46.3 Å². The summed E-state index contributed by atoms with van der Waals surface area (Å²) in [5.41, 5.74) is 7.09. The summed E-state index contributed by atoms with van der Waals surface area (Å²) >= 11 is 6.14. The molecule has 8 rings (SSSR count). The van der Waals surface area contributed by atoms with Crippen LogP contribution < -0.4 is 31.0 Å². The van der Waals surface area contributed by atoms with Crippen molar-refractivity contribution in [1.29, 1.82) is 0 Å². The Labute approximate surface area is 363 Å². The zero-order valence-corrected chi connectivity index (χ0v) is 34.7. The second kappa shape index (κ2) is 19.5. The Morgan fingerprint density at radius 2 is 1.52 bits per heavy atom. The summed E-state index contributed by atoms with van der Waals surface area (Å²) in [7, 11) is 0. The summed E-state index contributed by atoms with van der Waals surface area (Å²) in [6.45, 7) is 6.51. The lowest BCUT2D eigenvalue weighted by Crippen LogP contribution is -2.48. The highest BCUT2D eigenvalue weighted by Crippen LogP contribution is 2.29. The van der Waals surface area contributed by atoms with E-state index in [4.69, 9.17) is 16.3 Å². The maximum atomic E-state index is 14.7. The first kappa shape index (κ1) is 42.3. The van der Waals surface area contributed by atoms with Crippen LogP contribution in [0.25, 0.3) is 0 Å². The van der Waals surface area contributed by atoms with E-state index in [1.165, 1.54) is 12.1 Å². The number of nitrogens with zero attached hydrogens (tertiary/aromatic N) is 5. The standard InChI is InChI=1S/C46H47ClFN9O5/c47-38-3-1-2-4-40(38)51-42(59)32-9-15-36(16-10-32)62-45-39(48)29-49-46(53-45)50-34-11-5-33(6-12-34)43(60)54-57-23-20-30(21-24-57)19-22-55-25-27-56(28-26-55)35-13-7-31(8-14-35)37-17-18-41(58)52-44(37)61/h1-16,29-30,37H,17-28H2,(H,51,59)(H,54,60)(H,49,50,53)(H,52,58,61). The summed E-state index contributed by atoms with van der Waals surface area (Å²) in [4.78, 5) is 62.7. The smallest absolute Gasteiger partial charge is 0.265 e. The Bertz CT molecular complexity index is 2390. The van der Waals surface area contributed by atoms with Crippen molar-refractivity contribution in [1.82, 2.24) is 30.6 Å². The van der Waals surface area contributed by atoms with E-state index in [9.17, 15) is 23.6 Å². The first-order valence-electron chi connectivity index (χ1n) is 20.8. The van der Waals surface area contributed by atoms with E-state index in [1.54, 1.807) is 60.7 Å². The molecule has 320 valence electrons. The monoisotopic (exact) mass is 859 g/mol. The Morgan fingerprint density at radius 3 is 2.23 bits per heavy atom. The number of hydrazine groups is 1. The number of piperazine rings is 1. The van der Waals surface area contributed by atoms with Crippen LogP contribution in [0.2, 0.25) is 5.02 Å². The molecular formula is C46H47ClFN9O5. The molecule has 3 aliphatic rings. The highest BCUT2D eigenvalue weighted by atomic mass is 35.5. The van der Waals surface area contributed by atoms with E-state index in [1.807, 2.05) is 17.1 Å². The molecule has 16 heteroatoms. The van der Waals surface area contributed by atoms with Crippen LogP contribution in [0.1, 0.15) is 64.3 Å². The van der Waals surface area contributed by atoms with Crippen LogP contribution >= 0.6 is 11.6 Å². The van der Waals surface area contributed by atoms with E-state index in [-0.39, 0.29) is 47.1 Å². The van der Waals surface area contributed by atoms with Crippen molar-refractivity contribution in [3.63, 3.8) is 0 Å². The van der Waals surface area contributed by atoms with Crippen LogP contribution in [-0.2, 0) is 9.59 Å². The number of halogens is 2. The first-order valence-corrected chi connectivity index (χ1v) is 21.2. The number of hydrogen-bond acceptors (Lipinski definition) is 11. The number of rotatable bonds is 13. The number of aromatic nitrogens is 2. The number of para-hydroxylation sites is 1. The van der Waals surface area contributed by atoms with Gasteiger partial charge in [0.1, 0.15) is 5.75 Å². The van der Waals surface area contributed by atoms with Crippen LogP contribution in [0, 0.1) is 11.7 Å².